The Balaban J connectivity index is 1.30. The van der Waals surface area contributed by atoms with Gasteiger partial charge in [-0.3, -0.25) is 4.98 Å². The van der Waals surface area contributed by atoms with E-state index < -0.39 is 10.0 Å². The predicted octanol–water partition coefficient (Wildman–Crippen LogP) is 3.45. The number of pyridine rings is 2. The van der Waals surface area contributed by atoms with Crippen molar-refractivity contribution in [1.82, 2.24) is 14.3 Å². The lowest BCUT2D eigenvalue weighted by atomic mass is 10.2. The third-order valence-corrected chi connectivity index (χ3v) is 6.85. The molecule has 0 amide bonds. The SMILES string of the molecule is O=S(=O)(c1ccc(NCc2ccc(OCc3cccnc3)cc2)nc1)N1CCCC1. The lowest BCUT2D eigenvalue weighted by Gasteiger charge is -2.15. The van der Waals surface area contributed by atoms with Crippen molar-refractivity contribution in [1.29, 1.82) is 0 Å². The molecule has 0 saturated carbocycles. The Labute approximate surface area is 176 Å². The molecule has 0 bridgehead atoms. The van der Waals surface area contributed by atoms with Gasteiger partial charge in [-0.1, -0.05) is 18.2 Å². The second kappa shape index (κ2) is 9.23. The van der Waals surface area contributed by atoms with Crippen molar-refractivity contribution < 1.29 is 13.2 Å². The Morgan fingerprint density at radius 1 is 0.967 bits per heavy atom. The van der Waals surface area contributed by atoms with E-state index in [1.807, 2.05) is 36.4 Å². The molecule has 1 aliphatic heterocycles. The first-order valence-electron chi connectivity index (χ1n) is 9.92. The van der Waals surface area contributed by atoms with Crippen molar-refractivity contribution in [2.45, 2.75) is 30.9 Å². The van der Waals surface area contributed by atoms with E-state index in [4.69, 9.17) is 4.74 Å². The molecule has 3 heterocycles. The van der Waals surface area contributed by atoms with Gasteiger partial charge in [0.1, 0.15) is 23.1 Å². The molecule has 0 atom stereocenters. The van der Waals surface area contributed by atoms with E-state index in [2.05, 4.69) is 15.3 Å². The van der Waals surface area contributed by atoms with Gasteiger partial charge in [0.05, 0.1) is 0 Å². The highest BCUT2D eigenvalue weighted by atomic mass is 32.2. The van der Waals surface area contributed by atoms with Crippen molar-refractivity contribution in [3.8, 4) is 5.75 Å². The monoisotopic (exact) mass is 424 g/mol. The normalized spacial score (nSPS) is 14.5. The van der Waals surface area contributed by atoms with Crippen molar-refractivity contribution >= 4 is 15.8 Å². The molecule has 156 valence electrons. The van der Waals surface area contributed by atoms with Crippen molar-refractivity contribution in [3.05, 3.63) is 78.2 Å². The average Bonchev–Trinajstić information content (AvgIpc) is 3.34. The zero-order valence-corrected chi connectivity index (χ0v) is 17.4. The summed E-state index contributed by atoms with van der Waals surface area (Å²) in [4.78, 5) is 8.58. The molecule has 1 fully saturated rings. The van der Waals surface area contributed by atoms with E-state index >= 15 is 0 Å². The lowest BCUT2D eigenvalue weighted by Crippen LogP contribution is -2.27. The number of hydrogen-bond acceptors (Lipinski definition) is 6. The summed E-state index contributed by atoms with van der Waals surface area (Å²) in [6, 6.07) is 15.0. The summed E-state index contributed by atoms with van der Waals surface area (Å²) < 4.78 is 32.4. The second-order valence-electron chi connectivity index (χ2n) is 7.14. The summed E-state index contributed by atoms with van der Waals surface area (Å²) in [5.41, 5.74) is 2.09. The predicted molar refractivity (Wildman–Crippen MR) is 115 cm³/mol. The average molecular weight is 425 g/mol. The first kappa shape index (κ1) is 20.3. The lowest BCUT2D eigenvalue weighted by molar-refractivity contribution is 0.305. The number of sulfonamides is 1. The first-order chi connectivity index (χ1) is 14.6. The molecule has 30 heavy (non-hydrogen) atoms. The second-order valence-corrected chi connectivity index (χ2v) is 9.08. The van der Waals surface area contributed by atoms with E-state index in [1.54, 1.807) is 24.5 Å². The molecule has 0 unspecified atom stereocenters. The third kappa shape index (κ3) is 4.95. The summed E-state index contributed by atoms with van der Waals surface area (Å²) in [6.45, 7) is 2.23. The van der Waals surface area contributed by atoms with Crippen LogP contribution in [0.3, 0.4) is 0 Å². The molecule has 1 N–H and O–H groups in total. The van der Waals surface area contributed by atoms with E-state index in [0.717, 1.165) is 29.7 Å². The standard InChI is InChI=1S/C22H24N4O3S/c27-30(28,26-12-1-2-13-26)21-9-10-22(25-16-21)24-15-18-5-7-20(8-6-18)29-17-19-4-3-11-23-14-19/h3-11,14,16H,1-2,12-13,15,17H2,(H,24,25). The number of nitrogens with one attached hydrogen (secondary N) is 1. The summed E-state index contributed by atoms with van der Waals surface area (Å²) in [5.74, 6) is 1.42. The maximum Gasteiger partial charge on any atom is 0.244 e. The molecule has 0 aliphatic carbocycles. The van der Waals surface area contributed by atoms with Crippen LogP contribution in [0.1, 0.15) is 24.0 Å². The molecule has 1 aromatic carbocycles. The summed E-state index contributed by atoms with van der Waals surface area (Å²) in [5, 5.41) is 3.22. The smallest absolute Gasteiger partial charge is 0.244 e. The molecule has 0 spiro atoms. The minimum atomic E-state index is -3.43. The van der Waals surface area contributed by atoms with Gasteiger partial charge in [-0.05, 0) is 48.7 Å². The third-order valence-electron chi connectivity index (χ3n) is 4.96. The van der Waals surface area contributed by atoms with Gasteiger partial charge in [-0.2, -0.15) is 4.31 Å². The maximum atomic E-state index is 12.6. The van der Waals surface area contributed by atoms with Crippen molar-refractivity contribution in [2.24, 2.45) is 0 Å². The largest absolute Gasteiger partial charge is 0.489 e. The number of aromatic nitrogens is 2. The van der Waals surface area contributed by atoms with Gasteiger partial charge in [0.2, 0.25) is 10.0 Å². The van der Waals surface area contributed by atoms with Gasteiger partial charge in [0.15, 0.2) is 0 Å². The van der Waals surface area contributed by atoms with E-state index in [-0.39, 0.29) is 4.90 Å². The van der Waals surface area contributed by atoms with Crippen molar-refractivity contribution in [3.63, 3.8) is 0 Å². The fraction of sp³-hybridized carbons (Fsp3) is 0.273. The van der Waals surface area contributed by atoms with Crippen LogP contribution in [0.5, 0.6) is 5.75 Å². The van der Waals surface area contributed by atoms with Crippen LogP contribution in [0.2, 0.25) is 0 Å². The minimum Gasteiger partial charge on any atom is -0.489 e. The molecule has 4 rings (SSSR count). The number of hydrogen-bond donors (Lipinski definition) is 1. The highest BCUT2D eigenvalue weighted by Crippen LogP contribution is 2.21. The molecular weight excluding hydrogens is 400 g/mol. The van der Waals surface area contributed by atoms with Gasteiger partial charge >= 0.3 is 0 Å². The molecule has 3 aromatic rings. The molecule has 0 radical (unpaired) electrons. The fourth-order valence-electron chi connectivity index (χ4n) is 3.26. The van der Waals surface area contributed by atoms with Gasteiger partial charge < -0.3 is 10.1 Å². The number of anilines is 1. The molecule has 1 saturated heterocycles. The molecule has 2 aromatic heterocycles. The van der Waals surface area contributed by atoms with Crippen LogP contribution in [-0.2, 0) is 23.2 Å². The van der Waals surface area contributed by atoms with Gasteiger partial charge in [0, 0.05) is 43.8 Å². The number of nitrogens with zero attached hydrogens (tertiary/aromatic N) is 3. The van der Waals surface area contributed by atoms with Crippen LogP contribution in [0.15, 0.2) is 72.0 Å². The Morgan fingerprint density at radius 3 is 2.43 bits per heavy atom. The number of benzene rings is 1. The summed E-state index contributed by atoms with van der Waals surface area (Å²) in [7, 11) is -3.43. The number of ether oxygens (including phenoxy) is 1. The van der Waals surface area contributed by atoms with Crippen LogP contribution >= 0.6 is 0 Å². The highest BCUT2D eigenvalue weighted by molar-refractivity contribution is 7.89. The Kier molecular flexibility index (Phi) is 6.25. The topological polar surface area (TPSA) is 84.4 Å². The zero-order valence-electron chi connectivity index (χ0n) is 16.6. The van der Waals surface area contributed by atoms with Crippen molar-refractivity contribution in [2.75, 3.05) is 18.4 Å². The van der Waals surface area contributed by atoms with Crippen LogP contribution < -0.4 is 10.1 Å². The van der Waals surface area contributed by atoms with E-state index in [1.165, 1.54) is 10.5 Å². The summed E-state index contributed by atoms with van der Waals surface area (Å²) in [6.07, 6.45) is 6.78. The van der Waals surface area contributed by atoms with E-state index in [9.17, 15) is 8.42 Å². The Bertz CT molecular complexity index is 1050. The summed E-state index contributed by atoms with van der Waals surface area (Å²) >= 11 is 0. The zero-order chi connectivity index (χ0) is 20.8. The quantitative estimate of drug-likeness (QED) is 0.596. The minimum absolute atomic E-state index is 0.241. The van der Waals surface area contributed by atoms with Gasteiger partial charge in [-0.15, -0.1) is 0 Å². The molecular formula is C22H24N4O3S. The molecule has 1 aliphatic rings. The fourth-order valence-corrected chi connectivity index (χ4v) is 4.72. The first-order valence-corrected chi connectivity index (χ1v) is 11.4. The number of rotatable bonds is 8. The van der Waals surface area contributed by atoms with Crippen LogP contribution in [0.25, 0.3) is 0 Å². The molecule has 7 nitrogen and oxygen atoms in total. The van der Waals surface area contributed by atoms with Crippen LogP contribution in [0.4, 0.5) is 5.82 Å². The highest BCUT2D eigenvalue weighted by Gasteiger charge is 2.27. The van der Waals surface area contributed by atoms with Gasteiger partial charge in [-0.25, -0.2) is 13.4 Å². The van der Waals surface area contributed by atoms with Gasteiger partial charge in [0.25, 0.3) is 0 Å². The maximum absolute atomic E-state index is 12.6. The van der Waals surface area contributed by atoms with Crippen LogP contribution in [-0.4, -0.2) is 35.8 Å². The Morgan fingerprint density at radius 2 is 1.77 bits per heavy atom. The molecule has 8 heteroatoms. The Hall–Kier alpha value is -2.97. The van der Waals surface area contributed by atoms with Crippen LogP contribution in [0, 0.1) is 0 Å². The van der Waals surface area contributed by atoms with E-state index in [0.29, 0.717) is 32.1 Å².